The van der Waals surface area contributed by atoms with Crippen LogP contribution in [0.3, 0.4) is 0 Å². The number of nitrogens with one attached hydrogen (secondary N) is 1. The van der Waals surface area contributed by atoms with Crippen LogP contribution in [0.4, 0.5) is 0 Å². The number of carbonyl (C=O) groups excluding carboxylic acids is 1. The van der Waals surface area contributed by atoms with Crippen molar-refractivity contribution in [3.8, 4) is 11.5 Å². The van der Waals surface area contributed by atoms with Crippen molar-refractivity contribution in [3.63, 3.8) is 0 Å². The highest BCUT2D eigenvalue weighted by atomic mass is 35.5. The van der Waals surface area contributed by atoms with Crippen LogP contribution in [0.1, 0.15) is 95.5 Å². The van der Waals surface area contributed by atoms with Gasteiger partial charge in [0.15, 0.2) is 0 Å². The van der Waals surface area contributed by atoms with Gasteiger partial charge in [0, 0.05) is 25.5 Å². The van der Waals surface area contributed by atoms with Gasteiger partial charge in [-0.25, -0.2) is 0 Å². The van der Waals surface area contributed by atoms with E-state index in [2.05, 4.69) is 5.32 Å². The number of rotatable bonds is 15. The van der Waals surface area contributed by atoms with E-state index < -0.39 is 0 Å². The van der Waals surface area contributed by atoms with E-state index in [1.54, 1.807) is 0 Å². The summed E-state index contributed by atoms with van der Waals surface area (Å²) < 4.78 is 25.5. The minimum Gasteiger partial charge on any atom is -0.493 e. The molecule has 232 valence electrons. The van der Waals surface area contributed by atoms with Gasteiger partial charge in [0.25, 0.3) is 0 Å². The fourth-order valence-electron chi connectivity index (χ4n) is 10.6. The standard InChI is InChI=1S/C35H50ClNO5/c36-22-33(38)37-23-30-13-31(39-3-1-5-41-34-16-24-7-25(17-34)9-26(8-24)18-34)15-32(14-30)40-4-2-6-42-35-19-27-10-28(20-35)12-29(11-27)21-35/h13-15,24-29H,1-12,16-23H2,(H,37,38). The average Bonchev–Trinajstić information content (AvgIpc) is 2.94. The second-order valence-electron chi connectivity index (χ2n) is 15.0. The van der Waals surface area contributed by atoms with Gasteiger partial charge in [-0.1, -0.05) is 0 Å². The molecule has 8 aliphatic carbocycles. The third-order valence-electron chi connectivity index (χ3n) is 11.4. The molecule has 1 amide bonds. The highest BCUT2D eigenvalue weighted by Crippen LogP contribution is 2.58. The summed E-state index contributed by atoms with van der Waals surface area (Å²) in [6, 6.07) is 5.93. The lowest BCUT2D eigenvalue weighted by molar-refractivity contribution is -0.163. The van der Waals surface area contributed by atoms with Crippen LogP contribution in [0.5, 0.6) is 11.5 Å². The molecule has 0 aromatic heterocycles. The summed E-state index contributed by atoms with van der Waals surface area (Å²) >= 11 is 5.69. The van der Waals surface area contributed by atoms with Crippen molar-refractivity contribution < 1.29 is 23.7 Å². The second kappa shape index (κ2) is 12.5. The molecule has 42 heavy (non-hydrogen) atoms. The molecule has 0 heterocycles. The zero-order valence-electron chi connectivity index (χ0n) is 25.3. The number of halogens is 1. The SMILES string of the molecule is O=C(CCl)NCc1cc(OCCCOC23CC4CC(CC(C4)C2)C3)cc(OCCCOC23CC4CC(CC(C4)C2)C3)c1. The summed E-state index contributed by atoms with van der Waals surface area (Å²) in [6.45, 7) is 3.10. The highest BCUT2D eigenvalue weighted by molar-refractivity contribution is 6.27. The molecule has 0 aliphatic heterocycles. The van der Waals surface area contributed by atoms with Gasteiger partial charge in [-0.3, -0.25) is 4.79 Å². The largest absolute Gasteiger partial charge is 0.493 e. The normalized spacial score (nSPS) is 37.3. The summed E-state index contributed by atoms with van der Waals surface area (Å²) in [5.41, 5.74) is 1.24. The molecule has 1 aromatic rings. The maximum absolute atomic E-state index is 11.8. The molecule has 0 spiro atoms. The van der Waals surface area contributed by atoms with Gasteiger partial charge >= 0.3 is 0 Å². The molecule has 8 saturated carbocycles. The predicted molar refractivity (Wildman–Crippen MR) is 163 cm³/mol. The van der Waals surface area contributed by atoms with Crippen molar-refractivity contribution >= 4 is 17.5 Å². The quantitative estimate of drug-likeness (QED) is 0.173. The molecule has 8 aliphatic rings. The molecule has 0 radical (unpaired) electrons. The van der Waals surface area contributed by atoms with E-state index in [0.29, 0.717) is 19.8 Å². The number of alkyl halides is 1. The van der Waals surface area contributed by atoms with Crippen molar-refractivity contribution in [2.24, 2.45) is 35.5 Å². The van der Waals surface area contributed by atoms with Crippen molar-refractivity contribution in [1.29, 1.82) is 0 Å². The highest BCUT2D eigenvalue weighted by Gasteiger charge is 2.52. The van der Waals surface area contributed by atoms with Gasteiger partial charge in [0.2, 0.25) is 5.91 Å². The molecule has 8 fully saturated rings. The monoisotopic (exact) mass is 599 g/mol. The molecule has 7 heteroatoms. The number of amides is 1. The van der Waals surface area contributed by atoms with E-state index in [1.165, 1.54) is 77.0 Å². The molecule has 1 N–H and O–H groups in total. The zero-order chi connectivity index (χ0) is 28.6. The van der Waals surface area contributed by atoms with E-state index >= 15 is 0 Å². The lowest BCUT2D eigenvalue weighted by Gasteiger charge is -2.56. The summed E-state index contributed by atoms with van der Waals surface area (Å²) in [7, 11) is 0. The fraction of sp³-hybridized carbons (Fsp3) is 0.800. The molecule has 0 atom stereocenters. The van der Waals surface area contributed by atoms with Gasteiger partial charge in [0.05, 0.1) is 37.6 Å². The van der Waals surface area contributed by atoms with Crippen molar-refractivity contribution in [3.05, 3.63) is 23.8 Å². The minimum atomic E-state index is -0.186. The third kappa shape index (κ3) is 6.76. The van der Waals surface area contributed by atoms with Crippen molar-refractivity contribution in [1.82, 2.24) is 5.32 Å². The first-order chi connectivity index (χ1) is 20.5. The van der Waals surface area contributed by atoms with Crippen LogP contribution in [0.2, 0.25) is 0 Å². The number of ether oxygens (including phenoxy) is 4. The lowest BCUT2D eigenvalue weighted by atomic mass is 9.54. The molecule has 6 nitrogen and oxygen atoms in total. The Kier molecular flexibility index (Phi) is 8.68. The fourth-order valence-corrected chi connectivity index (χ4v) is 10.7. The van der Waals surface area contributed by atoms with Crippen LogP contribution in [0.15, 0.2) is 18.2 Å². The summed E-state index contributed by atoms with van der Waals surface area (Å²) in [4.78, 5) is 11.8. The first kappa shape index (κ1) is 29.2. The number of hydrogen-bond donors (Lipinski definition) is 1. The zero-order valence-corrected chi connectivity index (χ0v) is 26.0. The van der Waals surface area contributed by atoms with Crippen molar-refractivity contribution in [2.45, 2.75) is 108 Å². The Morgan fingerprint density at radius 1 is 0.667 bits per heavy atom. The molecule has 9 rings (SSSR count). The van der Waals surface area contributed by atoms with Crippen LogP contribution < -0.4 is 14.8 Å². The van der Waals surface area contributed by atoms with E-state index in [9.17, 15) is 4.79 Å². The summed E-state index contributed by atoms with van der Waals surface area (Å²) in [6.07, 6.45) is 18.0. The van der Waals surface area contributed by atoms with E-state index in [0.717, 1.165) is 78.6 Å². The maximum atomic E-state index is 11.8. The van der Waals surface area contributed by atoms with Gasteiger partial charge in [-0.05, 0) is 130 Å². The minimum absolute atomic E-state index is 0.0486. The van der Waals surface area contributed by atoms with Crippen LogP contribution in [0, 0.1) is 35.5 Å². The lowest BCUT2D eigenvalue weighted by Crippen LogP contribution is -2.52. The Morgan fingerprint density at radius 2 is 1.07 bits per heavy atom. The Hall–Kier alpha value is -1.50. The number of carbonyl (C=O) groups is 1. The van der Waals surface area contributed by atoms with Crippen LogP contribution in [-0.4, -0.2) is 49.4 Å². The van der Waals surface area contributed by atoms with Crippen LogP contribution >= 0.6 is 11.6 Å². The summed E-state index contributed by atoms with van der Waals surface area (Å²) in [5, 5.41) is 2.86. The third-order valence-corrected chi connectivity index (χ3v) is 11.7. The number of benzene rings is 1. The van der Waals surface area contributed by atoms with Gasteiger partial charge in [-0.2, -0.15) is 0 Å². The van der Waals surface area contributed by atoms with Crippen LogP contribution in [0.25, 0.3) is 0 Å². The Morgan fingerprint density at radius 3 is 1.45 bits per heavy atom. The van der Waals surface area contributed by atoms with Crippen LogP contribution in [-0.2, 0) is 20.8 Å². The smallest absolute Gasteiger partial charge is 0.235 e. The Balaban J connectivity index is 0.876. The average molecular weight is 600 g/mol. The van der Waals surface area contributed by atoms with E-state index in [1.807, 2.05) is 18.2 Å². The second-order valence-corrected chi connectivity index (χ2v) is 15.3. The first-order valence-corrected chi connectivity index (χ1v) is 17.5. The molecule has 0 unspecified atom stereocenters. The van der Waals surface area contributed by atoms with E-state index in [-0.39, 0.29) is 23.0 Å². The molecular formula is C35H50ClNO5. The van der Waals surface area contributed by atoms with Gasteiger partial charge < -0.3 is 24.3 Å². The van der Waals surface area contributed by atoms with Crippen molar-refractivity contribution in [2.75, 3.05) is 32.3 Å². The predicted octanol–water partition coefficient (Wildman–Crippen LogP) is 7.05. The molecule has 8 bridgehead atoms. The van der Waals surface area contributed by atoms with E-state index in [4.69, 9.17) is 30.5 Å². The maximum Gasteiger partial charge on any atom is 0.235 e. The number of hydrogen-bond acceptors (Lipinski definition) is 5. The Bertz CT molecular complexity index is 964. The molecular weight excluding hydrogens is 550 g/mol. The molecule has 0 saturated heterocycles. The van der Waals surface area contributed by atoms with Gasteiger partial charge in [0.1, 0.15) is 17.4 Å². The Labute approximate surface area is 256 Å². The topological polar surface area (TPSA) is 66.0 Å². The first-order valence-electron chi connectivity index (χ1n) is 17.0. The summed E-state index contributed by atoms with van der Waals surface area (Å²) in [5.74, 6) is 6.70. The molecule has 1 aromatic carbocycles. The van der Waals surface area contributed by atoms with Gasteiger partial charge in [-0.15, -0.1) is 11.6 Å².